The molecule has 1 rings (SSSR count). The Morgan fingerprint density at radius 1 is 1.12 bits per heavy atom. The third-order valence-electron chi connectivity index (χ3n) is 3.45. The van der Waals surface area contributed by atoms with Crippen molar-refractivity contribution in [3.05, 3.63) is 35.4 Å². The Bertz CT molecular complexity index is 318. The highest BCUT2D eigenvalue weighted by Crippen LogP contribution is 2.21. The SMILES string of the molecule is CCc1ccc(CC(F)C(CN)C(C)C)cc1. The number of benzene rings is 1. The molecule has 1 aromatic rings. The van der Waals surface area contributed by atoms with Crippen molar-refractivity contribution in [2.24, 2.45) is 17.6 Å². The van der Waals surface area contributed by atoms with Gasteiger partial charge in [-0.15, -0.1) is 0 Å². The van der Waals surface area contributed by atoms with Crippen molar-refractivity contribution >= 4 is 0 Å². The van der Waals surface area contributed by atoms with Gasteiger partial charge in [-0.1, -0.05) is 45.0 Å². The first kappa shape index (κ1) is 14.2. The molecule has 1 nitrogen and oxygen atoms in total. The fourth-order valence-electron chi connectivity index (χ4n) is 2.13. The highest BCUT2D eigenvalue weighted by atomic mass is 19.1. The quantitative estimate of drug-likeness (QED) is 0.806. The summed E-state index contributed by atoms with van der Waals surface area (Å²) in [5.41, 5.74) is 7.99. The van der Waals surface area contributed by atoms with E-state index in [2.05, 4.69) is 19.1 Å². The first-order valence-electron chi connectivity index (χ1n) is 6.50. The zero-order valence-electron chi connectivity index (χ0n) is 11.1. The third-order valence-corrected chi connectivity index (χ3v) is 3.45. The molecule has 2 unspecified atom stereocenters. The van der Waals surface area contributed by atoms with E-state index in [0.717, 1.165) is 12.0 Å². The summed E-state index contributed by atoms with van der Waals surface area (Å²) in [4.78, 5) is 0. The molecule has 1 aromatic carbocycles. The van der Waals surface area contributed by atoms with Crippen molar-refractivity contribution in [1.29, 1.82) is 0 Å². The Labute approximate surface area is 104 Å². The molecule has 0 aromatic heterocycles. The molecule has 0 heterocycles. The number of halogens is 1. The van der Waals surface area contributed by atoms with Crippen LogP contribution in [0.15, 0.2) is 24.3 Å². The minimum Gasteiger partial charge on any atom is -0.330 e. The van der Waals surface area contributed by atoms with Gasteiger partial charge in [-0.25, -0.2) is 4.39 Å². The highest BCUT2D eigenvalue weighted by molar-refractivity contribution is 5.23. The van der Waals surface area contributed by atoms with Crippen LogP contribution in [0.5, 0.6) is 0 Å². The molecule has 0 spiro atoms. The zero-order chi connectivity index (χ0) is 12.8. The molecule has 2 atom stereocenters. The Morgan fingerprint density at radius 3 is 2.06 bits per heavy atom. The van der Waals surface area contributed by atoms with Crippen LogP contribution in [0, 0.1) is 11.8 Å². The molecule has 0 fully saturated rings. The zero-order valence-corrected chi connectivity index (χ0v) is 11.1. The normalized spacial score (nSPS) is 14.9. The van der Waals surface area contributed by atoms with Crippen molar-refractivity contribution in [3.8, 4) is 0 Å². The molecule has 0 bridgehead atoms. The van der Waals surface area contributed by atoms with Crippen LogP contribution in [0.2, 0.25) is 0 Å². The Balaban J connectivity index is 2.63. The predicted molar refractivity (Wildman–Crippen MR) is 71.8 cm³/mol. The number of rotatable bonds is 6. The monoisotopic (exact) mass is 237 g/mol. The van der Waals surface area contributed by atoms with Crippen LogP contribution >= 0.6 is 0 Å². The molecule has 0 aliphatic rings. The van der Waals surface area contributed by atoms with Gasteiger partial charge in [0.25, 0.3) is 0 Å². The minimum absolute atomic E-state index is 0.0409. The third kappa shape index (κ3) is 4.12. The van der Waals surface area contributed by atoms with Gasteiger partial charge in [-0.3, -0.25) is 0 Å². The van der Waals surface area contributed by atoms with Crippen LogP contribution in [-0.2, 0) is 12.8 Å². The van der Waals surface area contributed by atoms with Gasteiger partial charge in [-0.2, -0.15) is 0 Å². The number of alkyl halides is 1. The van der Waals surface area contributed by atoms with Crippen LogP contribution in [0.4, 0.5) is 4.39 Å². The standard InChI is InChI=1S/C15H24FN/c1-4-12-5-7-13(8-6-12)9-15(16)14(10-17)11(2)3/h5-8,11,14-15H,4,9-10,17H2,1-3H3. The topological polar surface area (TPSA) is 26.0 Å². The maximum absolute atomic E-state index is 14.1. The maximum Gasteiger partial charge on any atom is 0.108 e. The summed E-state index contributed by atoms with van der Waals surface area (Å²) in [6, 6.07) is 8.21. The lowest BCUT2D eigenvalue weighted by molar-refractivity contribution is 0.185. The van der Waals surface area contributed by atoms with Gasteiger partial charge < -0.3 is 5.73 Å². The second kappa shape index (κ2) is 6.75. The van der Waals surface area contributed by atoms with E-state index in [9.17, 15) is 4.39 Å². The molecular weight excluding hydrogens is 213 g/mol. The van der Waals surface area contributed by atoms with Crippen LogP contribution in [0.1, 0.15) is 31.9 Å². The summed E-state index contributed by atoms with van der Waals surface area (Å²) in [7, 11) is 0. The molecular formula is C15H24FN. The summed E-state index contributed by atoms with van der Waals surface area (Å²) in [6.07, 6.45) is 0.660. The maximum atomic E-state index is 14.1. The van der Waals surface area contributed by atoms with Gasteiger partial charge >= 0.3 is 0 Å². The van der Waals surface area contributed by atoms with Gasteiger partial charge in [0.2, 0.25) is 0 Å². The van der Waals surface area contributed by atoms with E-state index < -0.39 is 6.17 Å². The van der Waals surface area contributed by atoms with E-state index in [1.807, 2.05) is 26.0 Å². The van der Waals surface area contributed by atoms with Crippen molar-refractivity contribution in [2.75, 3.05) is 6.54 Å². The van der Waals surface area contributed by atoms with Gasteiger partial charge in [-0.05, 0) is 30.0 Å². The summed E-state index contributed by atoms with van der Waals surface area (Å²) >= 11 is 0. The predicted octanol–water partition coefficient (Wildman–Crippen LogP) is 3.36. The Hall–Kier alpha value is -0.890. The first-order chi connectivity index (χ1) is 8.08. The smallest absolute Gasteiger partial charge is 0.108 e. The molecule has 0 saturated heterocycles. The average molecular weight is 237 g/mol. The minimum atomic E-state index is -0.840. The molecule has 0 aliphatic heterocycles. The molecule has 2 heteroatoms. The number of hydrogen-bond acceptors (Lipinski definition) is 1. The van der Waals surface area contributed by atoms with E-state index in [0.29, 0.717) is 18.9 Å². The lowest BCUT2D eigenvalue weighted by Crippen LogP contribution is -2.30. The van der Waals surface area contributed by atoms with E-state index in [4.69, 9.17) is 5.73 Å². The van der Waals surface area contributed by atoms with E-state index in [-0.39, 0.29) is 5.92 Å². The van der Waals surface area contributed by atoms with Crippen molar-refractivity contribution < 1.29 is 4.39 Å². The fourth-order valence-corrected chi connectivity index (χ4v) is 2.13. The Morgan fingerprint density at radius 2 is 1.65 bits per heavy atom. The lowest BCUT2D eigenvalue weighted by Gasteiger charge is -2.23. The highest BCUT2D eigenvalue weighted by Gasteiger charge is 2.22. The lowest BCUT2D eigenvalue weighted by atomic mass is 9.88. The average Bonchev–Trinajstić information content (AvgIpc) is 2.30. The summed E-state index contributed by atoms with van der Waals surface area (Å²) in [5, 5.41) is 0. The first-order valence-corrected chi connectivity index (χ1v) is 6.50. The summed E-state index contributed by atoms with van der Waals surface area (Å²) in [5.74, 6) is 0.255. The second-order valence-electron chi connectivity index (χ2n) is 5.03. The van der Waals surface area contributed by atoms with Gasteiger partial charge in [0, 0.05) is 12.3 Å². The summed E-state index contributed by atoms with van der Waals surface area (Å²) in [6.45, 7) is 6.61. The number of aryl methyl sites for hydroxylation is 1. The molecule has 0 aliphatic carbocycles. The van der Waals surface area contributed by atoms with Crippen molar-refractivity contribution in [2.45, 2.75) is 39.8 Å². The van der Waals surface area contributed by atoms with E-state index >= 15 is 0 Å². The second-order valence-corrected chi connectivity index (χ2v) is 5.03. The molecule has 17 heavy (non-hydrogen) atoms. The number of hydrogen-bond donors (Lipinski definition) is 1. The van der Waals surface area contributed by atoms with Gasteiger partial charge in [0.05, 0.1) is 0 Å². The van der Waals surface area contributed by atoms with Crippen LogP contribution in [-0.4, -0.2) is 12.7 Å². The molecule has 96 valence electrons. The van der Waals surface area contributed by atoms with E-state index in [1.54, 1.807) is 0 Å². The fraction of sp³-hybridized carbons (Fsp3) is 0.600. The van der Waals surface area contributed by atoms with Crippen LogP contribution in [0.3, 0.4) is 0 Å². The largest absolute Gasteiger partial charge is 0.330 e. The van der Waals surface area contributed by atoms with Gasteiger partial charge in [0.15, 0.2) is 0 Å². The summed E-state index contributed by atoms with van der Waals surface area (Å²) < 4.78 is 14.1. The van der Waals surface area contributed by atoms with Gasteiger partial charge in [0.1, 0.15) is 6.17 Å². The number of nitrogens with two attached hydrogens (primary N) is 1. The molecule has 0 saturated carbocycles. The van der Waals surface area contributed by atoms with E-state index in [1.165, 1.54) is 5.56 Å². The molecule has 2 N–H and O–H groups in total. The molecule has 0 amide bonds. The Kier molecular flexibility index (Phi) is 5.63. The van der Waals surface area contributed by atoms with Crippen molar-refractivity contribution in [1.82, 2.24) is 0 Å². The molecule has 0 radical (unpaired) electrons. The van der Waals surface area contributed by atoms with Crippen molar-refractivity contribution in [3.63, 3.8) is 0 Å². The van der Waals surface area contributed by atoms with Crippen LogP contribution in [0.25, 0.3) is 0 Å². The van der Waals surface area contributed by atoms with Crippen LogP contribution < -0.4 is 5.73 Å².